The zero-order valence-corrected chi connectivity index (χ0v) is 13.6. The summed E-state index contributed by atoms with van der Waals surface area (Å²) < 4.78 is 5.38. The molecule has 4 nitrogen and oxygen atoms in total. The molecule has 0 saturated heterocycles. The highest BCUT2D eigenvalue weighted by Gasteiger charge is 2.12. The quantitative estimate of drug-likeness (QED) is 0.701. The van der Waals surface area contributed by atoms with Gasteiger partial charge in [-0.2, -0.15) is 0 Å². The molecule has 0 aliphatic carbocycles. The average molecular weight is 347 g/mol. The summed E-state index contributed by atoms with van der Waals surface area (Å²) in [6.45, 7) is 1.85. The minimum absolute atomic E-state index is 0.132. The van der Waals surface area contributed by atoms with E-state index < -0.39 is 5.91 Å². The van der Waals surface area contributed by atoms with Crippen molar-refractivity contribution in [1.29, 1.82) is 5.41 Å². The van der Waals surface area contributed by atoms with Crippen molar-refractivity contribution in [1.82, 2.24) is 0 Å². The molecule has 2 aromatic carbocycles. The maximum absolute atomic E-state index is 12.4. The monoisotopic (exact) mass is 346 g/mol. The molecule has 0 unspecified atom stereocenters. The third-order valence-electron chi connectivity index (χ3n) is 3.39. The molecule has 6 heteroatoms. The van der Waals surface area contributed by atoms with Crippen LogP contribution in [0.2, 0.25) is 10.0 Å². The van der Waals surface area contributed by atoms with Crippen molar-refractivity contribution in [2.75, 3.05) is 5.32 Å². The summed E-state index contributed by atoms with van der Waals surface area (Å²) >= 11 is 11.9. The van der Waals surface area contributed by atoms with Crippen LogP contribution in [-0.2, 0) is 0 Å². The van der Waals surface area contributed by atoms with Gasteiger partial charge in [0.15, 0.2) is 0 Å². The summed E-state index contributed by atoms with van der Waals surface area (Å²) in [4.78, 5) is 12.4. The lowest BCUT2D eigenvalue weighted by Gasteiger charge is -2.08. The molecular weight excluding hydrogens is 335 g/mol. The van der Waals surface area contributed by atoms with E-state index in [1.54, 1.807) is 42.5 Å². The van der Waals surface area contributed by atoms with Crippen LogP contribution < -0.4 is 10.9 Å². The van der Waals surface area contributed by atoms with E-state index in [9.17, 15) is 4.79 Å². The topological polar surface area (TPSA) is 66.1 Å². The maximum atomic E-state index is 12.4. The molecule has 0 atom stereocenters. The van der Waals surface area contributed by atoms with E-state index in [1.807, 2.05) is 6.92 Å². The molecule has 0 aliphatic heterocycles. The Kier molecular flexibility index (Phi) is 4.11. The predicted octanol–water partition coefficient (Wildman–Crippen LogP) is 4.78. The normalized spacial score (nSPS) is 10.7. The van der Waals surface area contributed by atoms with Crippen LogP contribution in [0.25, 0.3) is 11.0 Å². The summed E-state index contributed by atoms with van der Waals surface area (Å²) in [6.07, 6.45) is 0. The molecular formula is C17H12Cl2N2O2. The highest BCUT2D eigenvalue weighted by Crippen LogP contribution is 2.21. The second-order valence-electron chi connectivity index (χ2n) is 5.09. The van der Waals surface area contributed by atoms with Crippen LogP contribution in [0.4, 0.5) is 5.69 Å². The highest BCUT2D eigenvalue weighted by atomic mass is 35.5. The Morgan fingerprint density at radius 2 is 1.91 bits per heavy atom. The number of benzene rings is 2. The fourth-order valence-corrected chi connectivity index (χ4v) is 2.50. The number of halogens is 2. The van der Waals surface area contributed by atoms with Gasteiger partial charge in [-0.25, -0.2) is 0 Å². The van der Waals surface area contributed by atoms with Gasteiger partial charge in [0, 0.05) is 21.1 Å². The van der Waals surface area contributed by atoms with Crippen molar-refractivity contribution in [3.05, 3.63) is 69.2 Å². The molecule has 1 heterocycles. The van der Waals surface area contributed by atoms with Crippen molar-refractivity contribution < 1.29 is 9.21 Å². The van der Waals surface area contributed by atoms with Crippen LogP contribution in [-0.4, -0.2) is 5.91 Å². The molecule has 3 rings (SSSR count). The van der Waals surface area contributed by atoms with Gasteiger partial charge in [-0.05, 0) is 55.0 Å². The zero-order valence-electron chi connectivity index (χ0n) is 12.1. The van der Waals surface area contributed by atoms with Crippen LogP contribution in [0.5, 0.6) is 0 Å². The number of amides is 1. The predicted molar refractivity (Wildman–Crippen MR) is 91.2 cm³/mol. The third-order valence-corrected chi connectivity index (χ3v) is 4.05. The molecule has 1 aromatic heterocycles. The summed E-state index contributed by atoms with van der Waals surface area (Å²) in [6, 6.07) is 11.8. The molecule has 1 amide bonds. The van der Waals surface area contributed by atoms with Gasteiger partial charge in [-0.1, -0.05) is 23.2 Å². The Bertz CT molecular complexity index is 980. The first-order valence-electron chi connectivity index (χ1n) is 6.79. The Morgan fingerprint density at radius 3 is 2.65 bits per heavy atom. The van der Waals surface area contributed by atoms with Crippen molar-refractivity contribution in [3.8, 4) is 0 Å². The number of aryl methyl sites for hydroxylation is 1. The fraction of sp³-hybridized carbons (Fsp3) is 0.0588. The van der Waals surface area contributed by atoms with E-state index in [4.69, 9.17) is 33.0 Å². The van der Waals surface area contributed by atoms with Crippen LogP contribution in [0, 0.1) is 12.3 Å². The molecule has 0 spiro atoms. The SMILES string of the molecule is Cc1cc(NC(=O)c2cc3cc(Cl)ccc3oc2=N)ccc1Cl. The molecule has 0 aliphatic rings. The Morgan fingerprint density at radius 1 is 1.13 bits per heavy atom. The smallest absolute Gasteiger partial charge is 0.261 e. The van der Waals surface area contributed by atoms with Gasteiger partial charge < -0.3 is 9.73 Å². The van der Waals surface area contributed by atoms with Gasteiger partial charge in [0.05, 0.1) is 0 Å². The van der Waals surface area contributed by atoms with Crippen molar-refractivity contribution >= 4 is 45.8 Å². The van der Waals surface area contributed by atoms with E-state index in [0.717, 1.165) is 5.56 Å². The second kappa shape index (κ2) is 6.07. The summed E-state index contributed by atoms with van der Waals surface area (Å²) in [7, 11) is 0. The van der Waals surface area contributed by atoms with Gasteiger partial charge in [-0.3, -0.25) is 10.2 Å². The van der Waals surface area contributed by atoms with E-state index in [-0.39, 0.29) is 11.1 Å². The molecule has 0 radical (unpaired) electrons. The standard InChI is InChI=1S/C17H12Cl2N2O2/c1-9-6-12(3-4-14(9)19)21-17(22)13-8-10-7-11(18)2-5-15(10)23-16(13)20/h2-8,20H,1H3,(H,21,22). The minimum Gasteiger partial charge on any atom is -0.438 e. The number of rotatable bonds is 2. The van der Waals surface area contributed by atoms with Crippen molar-refractivity contribution in [2.45, 2.75) is 6.92 Å². The lowest BCUT2D eigenvalue weighted by atomic mass is 10.1. The van der Waals surface area contributed by atoms with Crippen LogP contribution in [0.3, 0.4) is 0 Å². The van der Waals surface area contributed by atoms with E-state index >= 15 is 0 Å². The zero-order chi connectivity index (χ0) is 16.6. The number of nitrogens with one attached hydrogen (secondary N) is 2. The van der Waals surface area contributed by atoms with E-state index in [1.165, 1.54) is 0 Å². The highest BCUT2D eigenvalue weighted by molar-refractivity contribution is 6.31. The van der Waals surface area contributed by atoms with E-state index in [2.05, 4.69) is 5.32 Å². The first-order chi connectivity index (χ1) is 10.9. The first kappa shape index (κ1) is 15.6. The Labute approximate surface area is 142 Å². The number of hydrogen-bond donors (Lipinski definition) is 2. The first-order valence-corrected chi connectivity index (χ1v) is 7.55. The van der Waals surface area contributed by atoms with Gasteiger partial charge in [0.2, 0.25) is 5.55 Å². The number of fused-ring (bicyclic) bond motifs is 1. The summed E-state index contributed by atoms with van der Waals surface area (Å²) in [5.74, 6) is -0.428. The number of anilines is 1. The molecule has 0 saturated carbocycles. The largest absolute Gasteiger partial charge is 0.438 e. The lowest BCUT2D eigenvalue weighted by molar-refractivity contribution is 0.102. The average Bonchev–Trinajstić information content (AvgIpc) is 2.50. The number of hydrogen-bond acceptors (Lipinski definition) is 3. The van der Waals surface area contributed by atoms with E-state index in [0.29, 0.717) is 26.7 Å². The third kappa shape index (κ3) is 3.23. The van der Waals surface area contributed by atoms with Crippen LogP contribution in [0.1, 0.15) is 15.9 Å². The molecule has 0 bridgehead atoms. The number of carbonyl (C=O) groups is 1. The summed E-state index contributed by atoms with van der Waals surface area (Å²) in [5.41, 5.74) is 1.88. The van der Waals surface area contributed by atoms with Crippen LogP contribution in [0.15, 0.2) is 46.9 Å². The van der Waals surface area contributed by atoms with Crippen molar-refractivity contribution in [2.24, 2.45) is 0 Å². The summed E-state index contributed by atoms with van der Waals surface area (Å²) in [5, 5.41) is 12.4. The molecule has 2 N–H and O–H groups in total. The molecule has 3 aromatic rings. The maximum Gasteiger partial charge on any atom is 0.261 e. The van der Waals surface area contributed by atoms with Gasteiger partial charge in [0.1, 0.15) is 11.1 Å². The molecule has 0 fully saturated rings. The minimum atomic E-state index is -0.428. The Balaban J connectivity index is 1.98. The number of carbonyl (C=O) groups excluding carboxylic acids is 1. The van der Waals surface area contributed by atoms with Crippen LogP contribution >= 0.6 is 23.2 Å². The molecule has 23 heavy (non-hydrogen) atoms. The van der Waals surface area contributed by atoms with Gasteiger partial charge in [-0.15, -0.1) is 0 Å². The molecule has 116 valence electrons. The van der Waals surface area contributed by atoms with Gasteiger partial charge in [0.25, 0.3) is 5.91 Å². The van der Waals surface area contributed by atoms with Gasteiger partial charge >= 0.3 is 0 Å². The van der Waals surface area contributed by atoms with Crippen molar-refractivity contribution in [3.63, 3.8) is 0 Å². The fourth-order valence-electron chi connectivity index (χ4n) is 2.20. The lowest BCUT2D eigenvalue weighted by Crippen LogP contribution is -2.20. The Hall–Kier alpha value is -2.30. The second-order valence-corrected chi connectivity index (χ2v) is 5.93.